The number of piperidine rings is 1. The van der Waals surface area contributed by atoms with Crippen molar-refractivity contribution in [3.8, 4) is 5.75 Å². The molecule has 6 nitrogen and oxygen atoms in total. The minimum Gasteiger partial charge on any atom is -0.508 e. The number of para-hydroxylation sites is 1. The number of hydrogen-bond acceptors (Lipinski definition) is 4. The third-order valence-electron chi connectivity index (χ3n) is 5.42. The number of sulfonamides is 1. The predicted octanol–water partition coefficient (Wildman–Crippen LogP) is 4.14. The van der Waals surface area contributed by atoms with Crippen LogP contribution in [-0.2, 0) is 16.4 Å². The van der Waals surface area contributed by atoms with E-state index in [0.29, 0.717) is 24.8 Å². The Morgan fingerprint density at radius 2 is 1.73 bits per heavy atom. The summed E-state index contributed by atoms with van der Waals surface area (Å²) in [6, 6.07) is 15.9. The van der Waals surface area contributed by atoms with Gasteiger partial charge in [0.15, 0.2) is 0 Å². The molecule has 30 heavy (non-hydrogen) atoms. The number of benzene rings is 2. The van der Waals surface area contributed by atoms with Crippen molar-refractivity contribution in [2.45, 2.75) is 32.1 Å². The summed E-state index contributed by atoms with van der Waals surface area (Å²) in [4.78, 5) is 13.9. The fourth-order valence-corrected chi connectivity index (χ4v) is 4.46. The smallest absolute Gasteiger partial charge is 0.331 e. The number of amides is 2. The van der Waals surface area contributed by atoms with E-state index in [4.69, 9.17) is 0 Å². The monoisotopic (exact) mass is 428 g/mol. The van der Waals surface area contributed by atoms with Gasteiger partial charge in [-0.05, 0) is 61.3 Å². The number of carbonyl (C=O) groups is 1. The molecule has 0 saturated carbocycles. The molecule has 0 bridgehead atoms. The number of likely N-dealkylation sites (tertiary alicyclic amines) is 1. The highest BCUT2D eigenvalue weighted by atomic mass is 32.2. The predicted molar refractivity (Wildman–Crippen MR) is 118 cm³/mol. The average Bonchev–Trinajstić information content (AvgIpc) is 2.75. The summed E-state index contributed by atoms with van der Waals surface area (Å²) in [6.07, 6.45) is 6.02. The number of nitrogens with zero attached hydrogens (tertiary/aromatic N) is 1. The van der Waals surface area contributed by atoms with Crippen molar-refractivity contribution < 1.29 is 18.3 Å². The van der Waals surface area contributed by atoms with Gasteiger partial charge in [-0.25, -0.2) is 17.9 Å². The molecule has 0 spiro atoms. The maximum Gasteiger partial charge on any atom is 0.331 e. The van der Waals surface area contributed by atoms with Crippen LogP contribution in [0.2, 0.25) is 0 Å². The molecule has 2 aromatic rings. The highest BCUT2D eigenvalue weighted by Crippen LogP contribution is 2.25. The van der Waals surface area contributed by atoms with E-state index in [1.165, 1.54) is 6.08 Å². The Kier molecular flexibility index (Phi) is 7.52. The van der Waals surface area contributed by atoms with Crippen LogP contribution >= 0.6 is 0 Å². The molecule has 1 saturated heterocycles. The maximum atomic E-state index is 12.3. The number of aromatic hydroxyl groups is 1. The Morgan fingerprint density at radius 1 is 1.07 bits per heavy atom. The first-order chi connectivity index (χ1) is 14.4. The second-order valence-corrected chi connectivity index (χ2v) is 9.18. The van der Waals surface area contributed by atoms with E-state index >= 15 is 0 Å². The minimum absolute atomic E-state index is 0.339. The largest absolute Gasteiger partial charge is 0.508 e. The van der Waals surface area contributed by atoms with Gasteiger partial charge in [-0.3, -0.25) is 0 Å². The van der Waals surface area contributed by atoms with E-state index in [0.717, 1.165) is 48.6 Å². The van der Waals surface area contributed by atoms with Gasteiger partial charge in [-0.1, -0.05) is 48.5 Å². The number of carbonyl (C=O) groups excluding carboxylic acids is 1. The summed E-state index contributed by atoms with van der Waals surface area (Å²) < 4.78 is 26.4. The van der Waals surface area contributed by atoms with E-state index in [2.05, 4.69) is 4.72 Å². The lowest BCUT2D eigenvalue weighted by Gasteiger charge is -2.31. The van der Waals surface area contributed by atoms with Gasteiger partial charge in [0.1, 0.15) is 5.75 Å². The first-order valence-corrected chi connectivity index (χ1v) is 11.8. The van der Waals surface area contributed by atoms with Gasteiger partial charge < -0.3 is 10.0 Å². The number of urea groups is 1. The third kappa shape index (κ3) is 6.62. The molecule has 1 aliphatic rings. The van der Waals surface area contributed by atoms with Crippen LogP contribution in [0.15, 0.2) is 60.0 Å². The molecule has 1 aliphatic heterocycles. The molecular formula is C23H28N2O4S. The zero-order valence-corrected chi connectivity index (χ0v) is 17.7. The molecule has 1 heterocycles. The van der Waals surface area contributed by atoms with Crippen molar-refractivity contribution in [1.82, 2.24) is 9.62 Å². The second kappa shape index (κ2) is 10.3. The zero-order valence-electron chi connectivity index (χ0n) is 16.9. The van der Waals surface area contributed by atoms with Crippen molar-refractivity contribution >= 4 is 22.1 Å². The van der Waals surface area contributed by atoms with Crippen LogP contribution in [0.5, 0.6) is 5.75 Å². The topological polar surface area (TPSA) is 86.7 Å². The van der Waals surface area contributed by atoms with Crippen LogP contribution in [0.4, 0.5) is 4.79 Å². The van der Waals surface area contributed by atoms with Gasteiger partial charge >= 0.3 is 6.03 Å². The van der Waals surface area contributed by atoms with Gasteiger partial charge in [0.2, 0.25) is 0 Å². The number of hydrogen-bond donors (Lipinski definition) is 2. The summed E-state index contributed by atoms with van der Waals surface area (Å²) in [6.45, 7) is 1.09. The molecule has 0 aromatic heterocycles. The molecule has 0 aliphatic carbocycles. The molecule has 1 fully saturated rings. The Hall–Kier alpha value is -2.80. The highest BCUT2D eigenvalue weighted by Gasteiger charge is 2.24. The molecule has 0 atom stereocenters. The molecular weight excluding hydrogens is 400 g/mol. The fraction of sp³-hybridized carbons (Fsp3) is 0.348. The Morgan fingerprint density at radius 3 is 2.43 bits per heavy atom. The van der Waals surface area contributed by atoms with Crippen molar-refractivity contribution in [2.75, 3.05) is 13.1 Å². The number of rotatable bonds is 7. The SMILES string of the molecule is O=C(NS(=O)(=O)C=Cc1ccccc1)N1CCC(CCCc2ccccc2O)CC1. The lowest BCUT2D eigenvalue weighted by Crippen LogP contribution is -2.45. The Labute approximate surface area is 178 Å². The van der Waals surface area contributed by atoms with Crippen LogP contribution < -0.4 is 4.72 Å². The van der Waals surface area contributed by atoms with E-state index in [9.17, 15) is 18.3 Å². The highest BCUT2D eigenvalue weighted by molar-refractivity contribution is 7.93. The van der Waals surface area contributed by atoms with Gasteiger partial charge in [0.05, 0.1) is 5.41 Å². The first kappa shape index (κ1) is 21.9. The molecule has 0 unspecified atom stereocenters. The molecule has 2 N–H and O–H groups in total. The first-order valence-electron chi connectivity index (χ1n) is 10.2. The van der Waals surface area contributed by atoms with E-state index in [1.54, 1.807) is 23.1 Å². The molecule has 3 rings (SSSR count). The maximum absolute atomic E-state index is 12.3. The summed E-state index contributed by atoms with van der Waals surface area (Å²) in [5, 5.41) is 10.9. The van der Waals surface area contributed by atoms with Crippen molar-refractivity contribution in [3.63, 3.8) is 0 Å². The molecule has 2 aromatic carbocycles. The molecule has 0 radical (unpaired) electrons. The second-order valence-electron chi connectivity index (χ2n) is 7.62. The fourth-order valence-electron chi connectivity index (χ4n) is 3.68. The van der Waals surface area contributed by atoms with Gasteiger partial charge in [0, 0.05) is 13.1 Å². The third-order valence-corrected chi connectivity index (χ3v) is 6.37. The van der Waals surface area contributed by atoms with Crippen molar-refractivity contribution in [2.24, 2.45) is 5.92 Å². The summed E-state index contributed by atoms with van der Waals surface area (Å²) in [7, 11) is -3.84. The van der Waals surface area contributed by atoms with E-state index in [1.807, 2.05) is 36.4 Å². The average molecular weight is 429 g/mol. The van der Waals surface area contributed by atoms with Crippen molar-refractivity contribution in [1.29, 1.82) is 0 Å². The number of aryl methyl sites for hydroxylation is 1. The standard InChI is InChI=1S/C23H28N2O4S/c26-22-12-5-4-10-21(22)11-6-9-20-13-16-25(17-14-20)23(27)24-30(28,29)18-15-19-7-2-1-3-8-19/h1-5,7-8,10,12,15,18,20,26H,6,9,11,13-14,16-17H2,(H,24,27). The summed E-state index contributed by atoms with van der Waals surface area (Å²) >= 11 is 0. The van der Waals surface area contributed by atoms with Crippen LogP contribution in [-0.4, -0.2) is 37.5 Å². The lowest BCUT2D eigenvalue weighted by atomic mass is 9.91. The minimum atomic E-state index is -3.84. The molecule has 160 valence electrons. The van der Waals surface area contributed by atoms with E-state index < -0.39 is 16.1 Å². The summed E-state index contributed by atoms with van der Waals surface area (Å²) in [5.74, 6) is 0.848. The van der Waals surface area contributed by atoms with E-state index in [-0.39, 0.29) is 0 Å². The Bertz CT molecular complexity index is 966. The normalized spacial score (nSPS) is 15.4. The molecule has 2 amide bonds. The van der Waals surface area contributed by atoms with Crippen molar-refractivity contribution in [3.05, 3.63) is 71.1 Å². The number of nitrogens with one attached hydrogen (secondary N) is 1. The quantitative estimate of drug-likeness (QED) is 0.694. The number of phenols is 1. The van der Waals surface area contributed by atoms with Gasteiger partial charge in [0.25, 0.3) is 10.0 Å². The Balaban J connectivity index is 1.41. The number of phenolic OH excluding ortho intramolecular Hbond substituents is 1. The van der Waals surface area contributed by atoms with Crippen LogP contribution in [0.3, 0.4) is 0 Å². The lowest BCUT2D eigenvalue weighted by molar-refractivity contribution is 0.172. The van der Waals surface area contributed by atoms with Gasteiger partial charge in [-0.15, -0.1) is 0 Å². The van der Waals surface area contributed by atoms with Crippen LogP contribution in [0.25, 0.3) is 6.08 Å². The molecule has 7 heteroatoms. The summed E-state index contributed by atoms with van der Waals surface area (Å²) in [5.41, 5.74) is 1.71. The zero-order chi connectivity index (χ0) is 21.4. The van der Waals surface area contributed by atoms with Crippen LogP contribution in [0, 0.1) is 5.92 Å². The van der Waals surface area contributed by atoms with Crippen LogP contribution in [0.1, 0.15) is 36.8 Å². The van der Waals surface area contributed by atoms with Gasteiger partial charge in [-0.2, -0.15) is 0 Å².